The molecule has 9 N–H and O–H groups in total. The summed E-state index contributed by atoms with van der Waals surface area (Å²) in [5, 5.41) is 64.0. The van der Waals surface area contributed by atoms with Crippen molar-refractivity contribution in [1.82, 2.24) is 0 Å². The van der Waals surface area contributed by atoms with Gasteiger partial charge in [-0.25, -0.2) is 0 Å². The quantitative estimate of drug-likeness (QED) is 0.125. The fourth-order valence-electron chi connectivity index (χ4n) is 3.56. The maximum Gasteiger partial charge on any atom is 0.303 e. The van der Waals surface area contributed by atoms with Crippen LogP contribution in [0.5, 0.6) is 0 Å². The van der Waals surface area contributed by atoms with E-state index in [1.54, 1.807) is 6.08 Å². The maximum atomic E-state index is 10.5. The Hall–Kier alpha value is -1.33. The molecule has 0 amide bonds. The van der Waals surface area contributed by atoms with Crippen molar-refractivity contribution in [2.75, 3.05) is 19.8 Å². The summed E-state index contributed by atoms with van der Waals surface area (Å²) >= 11 is 0. The number of hydrogen-bond acceptors (Lipinski definition) is 8. The molecule has 9 heteroatoms. The van der Waals surface area contributed by atoms with Crippen LogP contribution in [-0.4, -0.2) is 85.4 Å². The van der Waals surface area contributed by atoms with Gasteiger partial charge in [-0.05, 0) is 31.6 Å². The van der Waals surface area contributed by atoms with Gasteiger partial charge >= 0.3 is 5.97 Å². The maximum absolute atomic E-state index is 10.5. The first kappa shape index (κ1) is 31.7. The smallest absolute Gasteiger partial charge is 0.303 e. The van der Waals surface area contributed by atoms with E-state index in [1.165, 1.54) is 0 Å². The fourth-order valence-corrected chi connectivity index (χ4v) is 3.56. The van der Waals surface area contributed by atoms with Crippen molar-refractivity contribution in [3.05, 3.63) is 24.3 Å². The largest absolute Gasteiger partial charge is 0.481 e. The number of carboxylic acids is 1. The zero-order valence-electron chi connectivity index (χ0n) is 19.8. The highest BCUT2D eigenvalue weighted by molar-refractivity contribution is 5.66. The molecule has 1 saturated carbocycles. The third-order valence-electron chi connectivity index (χ3n) is 5.86. The first-order valence-corrected chi connectivity index (χ1v) is 11.8. The van der Waals surface area contributed by atoms with Crippen molar-refractivity contribution >= 4 is 5.97 Å². The van der Waals surface area contributed by atoms with Gasteiger partial charge in [0.15, 0.2) is 0 Å². The number of aliphatic carboxylic acids is 1. The predicted molar refractivity (Wildman–Crippen MR) is 126 cm³/mol. The second kappa shape index (κ2) is 18.1. The first-order chi connectivity index (χ1) is 15.6. The van der Waals surface area contributed by atoms with E-state index in [9.17, 15) is 20.1 Å². The lowest BCUT2D eigenvalue weighted by atomic mass is 9.89. The van der Waals surface area contributed by atoms with Gasteiger partial charge in [-0.2, -0.15) is 0 Å². The number of hydrogen-bond donors (Lipinski definition) is 8. The van der Waals surface area contributed by atoms with E-state index in [4.69, 9.17) is 26.2 Å². The Morgan fingerprint density at radius 2 is 1.70 bits per heavy atom. The number of aliphatic hydroxyl groups is 6. The standard InChI is InChI=1S/C20H34O5.C4H11NO3/c1-2-3-6-9-15(21)12-13-17-16(18(22)14-19(17)23)10-7-4-5-8-11-20(24)25;5-4(1-6,2-7)3-8/h4,7,12-13,15-19,21-23H,2-3,5-6,8-11,14H2,1H3,(H,24,25);6-8H,1-3,5H2/b7-4-,13-12+;/t15-,16+,17+,18+,19+;/m0./s1. The van der Waals surface area contributed by atoms with Gasteiger partial charge in [0.25, 0.3) is 0 Å². The highest BCUT2D eigenvalue weighted by atomic mass is 16.4. The van der Waals surface area contributed by atoms with Crippen LogP contribution in [0.2, 0.25) is 0 Å². The highest BCUT2D eigenvalue weighted by Gasteiger charge is 2.39. The van der Waals surface area contributed by atoms with Gasteiger partial charge in [0.1, 0.15) is 0 Å². The van der Waals surface area contributed by atoms with Crippen LogP contribution < -0.4 is 5.73 Å². The molecule has 1 aliphatic carbocycles. The molecule has 9 nitrogen and oxygen atoms in total. The van der Waals surface area contributed by atoms with Gasteiger partial charge in [-0.15, -0.1) is 0 Å². The Kier molecular flexibility index (Phi) is 17.3. The minimum absolute atomic E-state index is 0.0650. The number of allylic oxidation sites excluding steroid dienone is 2. The van der Waals surface area contributed by atoms with E-state index in [1.807, 2.05) is 18.2 Å². The van der Waals surface area contributed by atoms with E-state index >= 15 is 0 Å². The van der Waals surface area contributed by atoms with Crippen LogP contribution in [0.4, 0.5) is 0 Å². The third-order valence-corrected chi connectivity index (χ3v) is 5.86. The summed E-state index contributed by atoms with van der Waals surface area (Å²) < 4.78 is 0. The van der Waals surface area contributed by atoms with E-state index < -0.39 is 49.6 Å². The van der Waals surface area contributed by atoms with Crippen LogP contribution in [0.15, 0.2) is 24.3 Å². The van der Waals surface area contributed by atoms with Gasteiger partial charge in [0.05, 0.1) is 43.7 Å². The number of aliphatic hydroxyl groups excluding tert-OH is 6. The van der Waals surface area contributed by atoms with E-state index in [0.717, 1.165) is 25.7 Å². The molecule has 0 aromatic rings. The molecule has 0 spiro atoms. The van der Waals surface area contributed by atoms with Crippen LogP contribution in [0.3, 0.4) is 0 Å². The van der Waals surface area contributed by atoms with Crippen molar-refractivity contribution in [3.8, 4) is 0 Å². The van der Waals surface area contributed by atoms with Crippen LogP contribution >= 0.6 is 0 Å². The van der Waals surface area contributed by atoms with E-state index in [2.05, 4.69) is 6.92 Å². The number of rotatable bonds is 15. The second-order valence-corrected chi connectivity index (χ2v) is 8.89. The number of carbonyl (C=O) groups is 1. The number of unbranched alkanes of at least 4 members (excludes halogenated alkanes) is 3. The Bertz CT molecular complexity index is 556. The summed E-state index contributed by atoms with van der Waals surface area (Å²) in [6.45, 7) is 0.915. The molecule has 1 aliphatic rings. The molecule has 0 bridgehead atoms. The van der Waals surface area contributed by atoms with Gasteiger partial charge in [0, 0.05) is 18.8 Å². The molecular formula is C24H45NO8. The Balaban J connectivity index is 0.00000109. The van der Waals surface area contributed by atoms with Gasteiger partial charge in [0.2, 0.25) is 0 Å². The minimum Gasteiger partial charge on any atom is -0.481 e. The lowest BCUT2D eigenvalue weighted by Crippen LogP contribution is -2.50. The zero-order chi connectivity index (χ0) is 25.3. The summed E-state index contributed by atoms with van der Waals surface area (Å²) in [4.78, 5) is 10.5. The van der Waals surface area contributed by atoms with Gasteiger partial charge in [-0.1, -0.05) is 50.5 Å². The molecule has 5 atom stereocenters. The second-order valence-electron chi connectivity index (χ2n) is 8.89. The van der Waals surface area contributed by atoms with Crippen molar-refractivity contribution in [3.63, 3.8) is 0 Å². The lowest BCUT2D eigenvalue weighted by molar-refractivity contribution is -0.137. The lowest BCUT2D eigenvalue weighted by Gasteiger charge is -2.20. The van der Waals surface area contributed by atoms with Crippen molar-refractivity contribution in [2.24, 2.45) is 17.6 Å². The molecule has 0 aromatic heterocycles. The molecule has 1 fully saturated rings. The molecule has 0 heterocycles. The average Bonchev–Trinajstić information content (AvgIpc) is 3.06. The molecule has 0 unspecified atom stereocenters. The molecule has 33 heavy (non-hydrogen) atoms. The van der Waals surface area contributed by atoms with Crippen LogP contribution in [0.25, 0.3) is 0 Å². The van der Waals surface area contributed by atoms with E-state index in [-0.39, 0.29) is 18.3 Å². The zero-order valence-corrected chi connectivity index (χ0v) is 19.8. The van der Waals surface area contributed by atoms with Crippen molar-refractivity contribution in [1.29, 1.82) is 0 Å². The monoisotopic (exact) mass is 475 g/mol. The normalized spacial score (nSPS) is 24.2. The van der Waals surface area contributed by atoms with Crippen LogP contribution in [0, 0.1) is 11.8 Å². The third kappa shape index (κ3) is 13.8. The minimum atomic E-state index is -1.21. The number of carboxylic acid groups (broad SMARTS) is 1. The summed E-state index contributed by atoms with van der Waals surface area (Å²) in [6.07, 6.45) is 12.3. The molecular weight excluding hydrogens is 430 g/mol. The molecule has 0 saturated heterocycles. The Morgan fingerprint density at radius 3 is 2.21 bits per heavy atom. The van der Waals surface area contributed by atoms with Crippen molar-refractivity contribution in [2.45, 2.75) is 88.6 Å². The average molecular weight is 476 g/mol. The molecule has 194 valence electrons. The molecule has 0 radical (unpaired) electrons. The SMILES string of the molecule is CCCCC[C@H](O)/C=C/[C@@H]1[C@@H](C/C=C\CCCC(=O)O)[C@H](O)C[C@H]1O.NC(CO)(CO)CO. The summed E-state index contributed by atoms with van der Waals surface area (Å²) in [7, 11) is 0. The molecule has 0 aromatic carbocycles. The fraction of sp³-hybridized carbons (Fsp3) is 0.792. The summed E-state index contributed by atoms with van der Waals surface area (Å²) in [5.74, 6) is -1.00. The van der Waals surface area contributed by atoms with E-state index in [0.29, 0.717) is 25.7 Å². The predicted octanol–water partition coefficient (Wildman–Crippen LogP) is 0.704. The highest BCUT2D eigenvalue weighted by Crippen LogP contribution is 2.36. The van der Waals surface area contributed by atoms with Crippen molar-refractivity contribution < 1.29 is 40.5 Å². The Labute approximate surface area is 197 Å². The summed E-state index contributed by atoms with van der Waals surface area (Å²) in [5.41, 5.74) is 3.94. The van der Waals surface area contributed by atoms with Crippen LogP contribution in [0.1, 0.15) is 64.7 Å². The van der Waals surface area contributed by atoms with Gasteiger partial charge in [-0.3, -0.25) is 4.79 Å². The number of nitrogens with two attached hydrogens (primary N) is 1. The summed E-state index contributed by atoms with van der Waals surface area (Å²) in [6, 6.07) is 0. The van der Waals surface area contributed by atoms with Gasteiger partial charge < -0.3 is 41.5 Å². The molecule has 0 aliphatic heterocycles. The molecule has 1 rings (SSSR count). The Morgan fingerprint density at radius 1 is 1.06 bits per heavy atom. The van der Waals surface area contributed by atoms with Crippen LogP contribution in [-0.2, 0) is 4.79 Å². The first-order valence-electron chi connectivity index (χ1n) is 11.8. The topological polar surface area (TPSA) is 185 Å².